The Kier molecular flexibility index (Phi) is 3.14. The van der Waals surface area contributed by atoms with Crippen LogP contribution in [0.15, 0.2) is 36.7 Å². The van der Waals surface area contributed by atoms with Gasteiger partial charge in [-0.25, -0.2) is 0 Å². The lowest BCUT2D eigenvalue weighted by Gasteiger charge is -2.12. The molecule has 1 aromatic heterocycles. The number of hydrogen-bond acceptors (Lipinski definition) is 4. The third-order valence-electron chi connectivity index (χ3n) is 2.52. The van der Waals surface area contributed by atoms with Crippen molar-refractivity contribution in [1.82, 2.24) is 4.98 Å². The third-order valence-corrected chi connectivity index (χ3v) is 2.52. The zero-order valence-corrected chi connectivity index (χ0v) is 9.81. The first-order valence-corrected chi connectivity index (χ1v) is 5.18. The van der Waals surface area contributed by atoms with E-state index >= 15 is 0 Å². The van der Waals surface area contributed by atoms with E-state index in [0.29, 0.717) is 11.4 Å². The van der Waals surface area contributed by atoms with Crippen LogP contribution in [0.4, 0.5) is 5.69 Å². The van der Waals surface area contributed by atoms with Gasteiger partial charge in [-0.05, 0) is 18.2 Å². The first-order chi connectivity index (χ1) is 8.26. The summed E-state index contributed by atoms with van der Waals surface area (Å²) in [5, 5.41) is 0. The maximum absolute atomic E-state index is 5.73. The molecule has 88 valence electrons. The Morgan fingerprint density at radius 3 is 2.41 bits per heavy atom. The monoisotopic (exact) mass is 230 g/mol. The molecule has 0 unspecified atom stereocenters. The topological polar surface area (TPSA) is 57.4 Å². The SMILES string of the molecule is COc1cnccc1-c1ccc(N)cc1OC. The summed E-state index contributed by atoms with van der Waals surface area (Å²) in [4.78, 5) is 4.02. The van der Waals surface area contributed by atoms with E-state index in [-0.39, 0.29) is 0 Å². The van der Waals surface area contributed by atoms with Gasteiger partial charge in [0, 0.05) is 29.1 Å². The molecule has 4 nitrogen and oxygen atoms in total. The predicted molar refractivity (Wildman–Crippen MR) is 67.2 cm³/mol. The Labute approximate surface area is 100 Å². The van der Waals surface area contributed by atoms with Crippen LogP contribution in [0.5, 0.6) is 11.5 Å². The molecule has 0 fully saturated rings. The largest absolute Gasteiger partial charge is 0.496 e. The Hall–Kier alpha value is -2.23. The van der Waals surface area contributed by atoms with Crippen molar-refractivity contribution in [3.05, 3.63) is 36.7 Å². The van der Waals surface area contributed by atoms with Crippen LogP contribution < -0.4 is 15.2 Å². The Balaban J connectivity index is 2.59. The molecular formula is C13H14N2O2. The summed E-state index contributed by atoms with van der Waals surface area (Å²) in [5.41, 5.74) is 8.25. The molecule has 0 amide bonds. The highest BCUT2D eigenvalue weighted by Crippen LogP contribution is 2.36. The molecule has 0 atom stereocenters. The van der Waals surface area contributed by atoms with E-state index in [1.54, 1.807) is 32.7 Å². The maximum Gasteiger partial charge on any atom is 0.145 e. The third kappa shape index (κ3) is 2.15. The zero-order chi connectivity index (χ0) is 12.3. The maximum atomic E-state index is 5.73. The number of ether oxygens (including phenoxy) is 2. The molecule has 4 heteroatoms. The van der Waals surface area contributed by atoms with Crippen molar-refractivity contribution in [2.75, 3.05) is 20.0 Å². The summed E-state index contributed by atoms with van der Waals surface area (Å²) >= 11 is 0. The van der Waals surface area contributed by atoms with Crippen molar-refractivity contribution < 1.29 is 9.47 Å². The van der Waals surface area contributed by atoms with Crippen molar-refractivity contribution in [3.8, 4) is 22.6 Å². The number of pyridine rings is 1. The lowest BCUT2D eigenvalue weighted by molar-refractivity contribution is 0.409. The first-order valence-electron chi connectivity index (χ1n) is 5.18. The van der Waals surface area contributed by atoms with Crippen LogP contribution in [0, 0.1) is 0 Å². The molecule has 0 saturated heterocycles. The number of nitrogens with zero attached hydrogens (tertiary/aromatic N) is 1. The molecule has 1 heterocycles. The number of aromatic nitrogens is 1. The number of nitrogen functional groups attached to an aromatic ring is 1. The zero-order valence-electron chi connectivity index (χ0n) is 9.81. The van der Waals surface area contributed by atoms with Crippen molar-refractivity contribution in [3.63, 3.8) is 0 Å². The summed E-state index contributed by atoms with van der Waals surface area (Å²) in [7, 11) is 3.23. The lowest BCUT2D eigenvalue weighted by Crippen LogP contribution is -1.94. The van der Waals surface area contributed by atoms with Gasteiger partial charge >= 0.3 is 0 Å². The molecule has 0 radical (unpaired) electrons. The lowest BCUT2D eigenvalue weighted by atomic mass is 10.0. The molecule has 2 rings (SSSR count). The normalized spacial score (nSPS) is 10.0. The molecule has 0 aliphatic heterocycles. The quantitative estimate of drug-likeness (QED) is 0.822. The summed E-state index contributed by atoms with van der Waals surface area (Å²) < 4.78 is 10.6. The summed E-state index contributed by atoms with van der Waals surface area (Å²) in [5.74, 6) is 1.42. The summed E-state index contributed by atoms with van der Waals surface area (Å²) in [6.07, 6.45) is 3.39. The van der Waals surface area contributed by atoms with Gasteiger partial charge in [-0.1, -0.05) is 0 Å². The fraction of sp³-hybridized carbons (Fsp3) is 0.154. The van der Waals surface area contributed by atoms with Crippen LogP contribution in [-0.4, -0.2) is 19.2 Å². The number of methoxy groups -OCH3 is 2. The minimum Gasteiger partial charge on any atom is -0.496 e. The molecule has 0 bridgehead atoms. The van der Waals surface area contributed by atoms with E-state index in [9.17, 15) is 0 Å². The van der Waals surface area contributed by atoms with Gasteiger partial charge in [0.2, 0.25) is 0 Å². The smallest absolute Gasteiger partial charge is 0.145 e. The summed E-state index contributed by atoms with van der Waals surface area (Å²) in [6.45, 7) is 0. The molecule has 0 aliphatic carbocycles. The van der Waals surface area contributed by atoms with Crippen molar-refractivity contribution >= 4 is 5.69 Å². The van der Waals surface area contributed by atoms with Crippen molar-refractivity contribution in [1.29, 1.82) is 0 Å². The van der Waals surface area contributed by atoms with Crippen LogP contribution in [-0.2, 0) is 0 Å². The molecule has 17 heavy (non-hydrogen) atoms. The van der Waals surface area contributed by atoms with E-state index in [1.165, 1.54) is 0 Å². The second-order valence-corrected chi connectivity index (χ2v) is 3.54. The highest BCUT2D eigenvalue weighted by atomic mass is 16.5. The van der Waals surface area contributed by atoms with Gasteiger partial charge in [-0.15, -0.1) is 0 Å². The molecule has 2 aromatic rings. The second kappa shape index (κ2) is 4.74. The number of rotatable bonds is 3. The van der Waals surface area contributed by atoms with Crippen molar-refractivity contribution in [2.45, 2.75) is 0 Å². The van der Waals surface area contributed by atoms with Crippen LogP contribution in [0.2, 0.25) is 0 Å². The van der Waals surface area contributed by atoms with E-state index in [4.69, 9.17) is 15.2 Å². The average Bonchev–Trinajstić information content (AvgIpc) is 2.38. The van der Waals surface area contributed by atoms with Gasteiger partial charge in [-0.2, -0.15) is 0 Å². The Morgan fingerprint density at radius 1 is 1.00 bits per heavy atom. The molecule has 2 N–H and O–H groups in total. The predicted octanol–water partition coefficient (Wildman–Crippen LogP) is 2.35. The van der Waals surface area contributed by atoms with Crippen molar-refractivity contribution in [2.24, 2.45) is 0 Å². The first kappa shape index (κ1) is 11.3. The van der Waals surface area contributed by atoms with Gasteiger partial charge < -0.3 is 15.2 Å². The number of hydrogen-bond donors (Lipinski definition) is 1. The van der Waals surface area contributed by atoms with E-state index in [1.807, 2.05) is 18.2 Å². The second-order valence-electron chi connectivity index (χ2n) is 3.54. The fourth-order valence-corrected chi connectivity index (χ4v) is 1.70. The molecule has 1 aromatic carbocycles. The molecule has 0 aliphatic rings. The van der Waals surface area contributed by atoms with Gasteiger partial charge in [0.15, 0.2) is 0 Å². The highest BCUT2D eigenvalue weighted by molar-refractivity contribution is 5.77. The molecule has 0 spiro atoms. The Bertz CT molecular complexity index is 527. The van der Waals surface area contributed by atoms with Crippen LogP contribution >= 0.6 is 0 Å². The minimum atomic E-state index is 0.665. The molecular weight excluding hydrogens is 216 g/mol. The van der Waals surface area contributed by atoms with Crippen LogP contribution in [0.25, 0.3) is 11.1 Å². The number of anilines is 1. The van der Waals surface area contributed by atoms with Crippen LogP contribution in [0.1, 0.15) is 0 Å². The average molecular weight is 230 g/mol. The van der Waals surface area contributed by atoms with Gasteiger partial charge in [-0.3, -0.25) is 4.98 Å². The Morgan fingerprint density at radius 2 is 1.71 bits per heavy atom. The van der Waals surface area contributed by atoms with Gasteiger partial charge in [0.05, 0.1) is 20.4 Å². The number of benzene rings is 1. The highest BCUT2D eigenvalue weighted by Gasteiger charge is 2.10. The van der Waals surface area contributed by atoms with Gasteiger partial charge in [0.1, 0.15) is 11.5 Å². The fourth-order valence-electron chi connectivity index (χ4n) is 1.70. The van der Waals surface area contributed by atoms with Gasteiger partial charge in [0.25, 0.3) is 0 Å². The minimum absolute atomic E-state index is 0.665. The van der Waals surface area contributed by atoms with E-state index in [0.717, 1.165) is 16.9 Å². The van der Waals surface area contributed by atoms with Crippen LogP contribution in [0.3, 0.4) is 0 Å². The molecule has 0 saturated carbocycles. The van der Waals surface area contributed by atoms with E-state index < -0.39 is 0 Å². The standard InChI is InChI=1S/C13H14N2O2/c1-16-12-7-9(14)3-4-10(12)11-5-6-15-8-13(11)17-2/h3-8H,14H2,1-2H3. The number of nitrogens with two attached hydrogens (primary N) is 1. The van der Waals surface area contributed by atoms with E-state index in [2.05, 4.69) is 4.98 Å². The summed E-state index contributed by atoms with van der Waals surface area (Å²) in [6, 6.07) is 7.41.